The first-order valence-electron chi connectivity index (χ1n) is 6.19. The first kappa shape index (κ1) is 15.0. The maximum Gasteiger partial charge on any atom is 0.344 e. The molecule has 0 aromatic heterocycles. The van der Waals surface area contributed by atoms with E-state index in [1.165, 1.54) is 0 Å². The molecule has 0 fully saturated rings. The molecule has 0 aliphatic carbocycles. The fourth-order valence-electron chi connectivity index (χ4n) is 1.50. The van der Waals surface area contributed by atoms with E-state index in [-0.39, 0.29) is 19.0 Å². The standard InChI is InChI=1S/C14H18O5/c1-3-17-13(15)9-11-7-5-6-8-12(11)19-10-14(16)18-4-2/h5-8H,3-4,9-10H2,1-2H3. The van der Waals surface area contributed by atoms with E-state index < -0.39 is 5.97 Å². The van der Waals surface area contributed by atoms with Crippen LogP contribution in [-0.4, -0.2) is 31.8 Å². The molecule has 0 heterocycles. The normalized spacial score (nSPS) is 9.79. The molecule has 0 radical (unpaired) electrons. The summed E-state index contributed by atoms with van der Waals surface area (Å²) in [4.78, 5) is 22.6. The van der Waals surface area contributed by atoms with Gasteiger partial charge < -0.3 is 14.2 Å². The molecule has 0 unspecified atom stereocenters. The molecule has 0 saturated carbocycles. The molecule has 0 aliphatic rings. The van der Waals surface area contributed by atoms with Crippen LogP contribution in [0.4, 0.5) is 0 Å². The van der Waals surface area contributed by atoms with Crippen LogP contribution in [0.1, 0.15) is 19.4 Å². The molecule has 0 aliphatic heterocycles. The molecule has 1 aromatic rings. The van der Waals surface area contributed by atoms with E-state index in [4.69, 9.17) is 14.2 Å². The first-order valence-corrected chi connectivity index (χ1v) is 6.19. The minimum atomic E-state index is -0.437. The number of rotatable bonds is 7. The Morgan fingerprint density at radius 1 is 1.00 bits per heavy atom. The lowest BCUT2D eigenvalue weighted by molar-refractivity contribution is -0.145. The van der Waals surface area contributed by atoms with Crippen molar-refractivity contribution in [3.05, 3.63) is 29.8 Å². The molecule has 0 bridgehead atoms. The van der Waals surface area contributed by atoms with E-state index in [2.05, 4.69) is 0 Å². The summed E-state index contributed by atoms with van der Waals surface area (Å²) in [5.74, 6) is -0.272. The van der Waals surface area contributed by atoms with Crippen molar-refractivity contribution in [1.29, 1.82) is 0 Å². The van der Waals surface area contributed by atoms with E-state index in [0.717, 1.165) is 0 Å². The molecule has 0 N–H and O–H groups in total. The summed E-state index contributed by atoms with van der Waals surface area (Å²) in [7, 11) is 0. The van der Waals surface area contributed by atoms with E-state index in [9.17, 15) is 9.59 Å². The zero-order valence-electron chi connectivity index (χ0n) is 11.2. The summed E-state index contributed by atoms with van der Waals surface area (Å²) in [6.07, 6.45) is 0.118. The van der Waals surface area contributed by atoms with Gasteiger partial charge in [0.05, 0.1) is 19.6 Å². The third-order valence-electron chi connectivity index (χ3n) is 2.26. The Balaban J connectivity index is 2.62. The smallest absolute Gasteiger partial charge is 0.344 e. The molecule has 104 valence electrons. The van der Waals surface area contributed by atoms with Crippen LogP contribution in [-0.2, 0) is 25.5 Å². The number of esters is 2. The lowest BCUT2D eigenvalue weighted by Crippen LogP contribution is -2.16. The van der Waals surface area contributed by atoms with Crippen LogP contribution in [0.25, 0.3) is 0 Å². The average molecular weight is 266 g/mol. The molecule has 19 heavy (non-hydrogen) atoms. The molecule has 0 spiro atoms. The molecule has 5 heteroatoms. The Bertz CT molecular complexity index is 428. The second-order valence-electron chi connectivity index (χ2n) is 3.68. The molecular formula is C14H18O5. The second kappa shape index (κ2) is 8.13. The monoisotopic (exact) mass is 266 g/mol. The van der Waals surface area contributed by atoms with Gasteiger partial charge in [-0.2, -0.15) is 0 Å². The Labute approximate surface area is 112 Å². The lowest BCUT2D eigenvalue weighted by atomic mass is 10.1. The molecular weight excluding hydrogens is 248 g/mol. The van der Waals surface area contributed by atoms with Gasteiger partial charge in [-0.25, -0.2) is 4.79 Å². The zero-order valence-corrected chi connectivity index (χ0v) is 11.2. The maximum absolute atomic E-state index is 11.4. The van der Waals surface area contributed by atoms with Crippen LogP contribution in [0, 0.1) is 0 Å². The third-order valence-corrected chi connectivity index (χ3v) is 2.26. The highest BCUT2D eigenvalue weighted by Gasteiger charge is 2.11. The Morgan fingerprint density at radius 2 is 1.63 bits per heavy atom. The minimum Gasteiger partial charge on any atom is -0.482 e. The number of carbonyl (C=O) groups is 2. The van der Waals surface area contributed by atoms with Crippen LogP contribution < -0.4 is 4.74 Å². The van der Waals surface area contributed by atoms with Crippen molar-refractivity contribution in [2.45, 2.75) is 20.3 Å². The minimum absolute atomic E-state index is 0.118. The summed E-state index contributed by atoms with van der Waals surface area (Å²) in [5.41, 5.74) is 0.685. The fraction of sp³-hybridized carbons (Fsp3) is 0.429. The van der Waals surface area contributed by atoms with Gasteiger partial charge >= 0.3 is 11.9 Å². The van der Waals surface area contributed by atoms with Gasteiger partial charge in [0.2, 0.25) is 0 Å². The molecule has 1 rings (SSSR count). The summed E-state index contributed by atoms with van der Waals surface area (Å²) in [6.45, 7) is 3.96. The molecule has 5 nitrogen and oxygen atoms in total. The average Bonchev–Trinajstić information content (AvgIpc) is 2.38. The molecule has 1 aromatic carbocycles. The summed E-state index contributed by atoms with van der Waals surface area (Å²) in [5, 5.41) is 0. The van der Waals surface area contributed by atoms with Gasteiger partial charge in [0.15, 0.2) is 6.61 Å². The van der Waals surface area contributed by atoms with Crippen molar-refractivity contribution in [2.24, 2.45) is 0 Å². The number of hydrogen-bond acceptors (Lipinski definition) is 5. The number of ether oxygens (including phenoxy) is 3. The highest BCUT2D eigenvalue weighted by atomic mass is 16.6. The van der Waals surface area contributed by atoms with Gasteiger partial charge in [-0.05, 0) is 19.9 Å². The van der Waals surface area contributed by atoms with Crippen LogP contribution in [0.15, 0.2) is 24.3 Å². The topological polar surface area (TPSA) is 61.8 Å². The second-order valence-corrected chi connectivity index (χ2v) is 3.68. The van der Waals surface area contributed by atoms with Crippen LogP contribution in [0.2, 0.25) is 0 Å². The van der Waals surface area contributed by atoms with Gasteiger partial charge in [-0.3, -0.25) is 4.79 Å². The predicted octanol–water partition coefficient (Wildman–Crippen LogP) is 1.73. The Hall–Kier alpha value is -2.04. The third kappa shape index (κ3) is 5.42. The van der Waals surface area contributed by atoms with Gasteiger partial charge in [0.1, 0.15) is 5.75 Å². The Morgan fingerprint density at radius 3 is 2.32 bits per heavy atom. The number of carbonyl (C=O) groups excluding carboxylic acids is 2. The van der Waals surface area contributed by atoms with Gasteiger partial charge in [-0.15, -0.1) is 0 Å². The van der Waals surface area contributed by atoms with Crippen molar-refractivity contribution in [3.8, 4) is 5.75 Å². The van der Waals surface area contributed by atoms with Gasteiger partial charge in [-0.1, -0.05) is 18.2 Å². The van der Waals surface area contributed by atoms with Crippen molar-refractivity contribution in [1.82, 2.24) is 0 Å². The van der Waals surface area contributed by atoms with Crippen molar-refractivity contribution < 1.29 is 23.8 Å². The van der Waals surface area contributed by atoms with Gasteiger partial charge in [0.25, 0.3) is 0 Å². The maximum atomic E-state index is 11.4. The molecule has 0 atom stereocenters. The number of benzene rings is 1. The largest absolute Gasteiger partial charge is 0.482 e. The van der Waals surface area contributed by atoms with E-state index in [1.54, 1.807) is 38.1 Å². The summed E-state index contributed by atoms with van der Waals surface area (Å²) < 4.78 is 15.0. The van der Waals surface area contributed by atoms with Crippen LogP contribution >= 0.6 is 0 Å². The highest BCUT2D eigenvalue weighted by molar-refractivity contribution is 5.74. The van der Waals surface area contributed by atoms with Crippen LogP contribution in [0.5, 0.6) is 5.75 Å². The predicted molar refractivity (Wildman–Crippen MR) is 68.9 cm³/mol. The van der Waals surface area contributed by atoms with Crippen molar-refractivity contribution in [2.75, 3.05) is 19.8 Å². The molecule has 0 amide bonds. The highest BCUT2D eigenvalue weighted by Crippen LogP contribution is 2.18. The zero-order chi connectivity index (χ0) is 14.1. The van der Waals surface area contributed by atoms with E-state index >= 15 is 0 Å². The SMILES string of the molecule is CCOC(=O)COc1ccccc1CC(=O)OCC. The van der Waals surface area contributed by atoms with Crippen molar-refractivity contribution in [3.63, 3.8) is 0 Å². The number of para-hydroxylation sites is 1. The summed E-state index contributed by atoms with van der Waals surface area (Å²) >= 11 is 0. The number of hydrogen-bond donors (Lipinski definition) is 0. The van der Waals surface area contributed by atoms with E-state index in [0.29, 0.717) is 24.5 Å². The fourth-order valence-corrected chi connectivity index (χ4v) is 1.50. The van der Waals surface area contributed by atoms with E-state index in [1.807, 2.05) is 0 Å². The Kier molecular flexibility index (Phi) is 6.43. The quantitative estimate of drug-likeness (QED) is 0.703. The summed E-state index contributed by atoms with van der Waals surface area (Å²) in [6, 6.07) is 7.03. The lowest BCUT2D eigenvalue weighted by Gasteiger charge is -2.10. The van der Waals surface area contributed by atoms with Gasteiger partial charge in [0, 0.05) is 5.56 Å². The van der Waals surface area contributed by atoms with Crippen LogP contribution in [0.3, 0.4) is 0 Å². The first-order chi connectivity index (χ1) is 9.17. The van der Waals surface area contributed by atoms with Crippen molar-refractivity contribution >= 4 is 11.9 Å². The molecule has 0 saturated heterocycles.